The van der Waals surface area contributed by atoms with Gasteiger partial charge in [0.15, 0.2) is 0 Å². The van der Waals surface area contributed by atoms with Crippen molar-refractivity contribution in [3.63, 3.8) is 0 Å². The van der Waals surface area contributed by atoms with E-state index in [1.165, 1.54) is 7.11 Å². The van der Waals surface area contributed by atoms with Crippen LogP contribution in [0.25, 0.3) is 0 Å². The van der Waals surface area contributed by atoms with E-state index in [9.17, 15) is 4.79 Å². The molecule has 0 bridgehead atoms. The van der Waals surface area contributed by atoms with Gasteiger partial charge < -0.3 is 10.1 Å². The first-order valence-electron chi connectivity index (χ1n) is 3.13. The Morgan fingerprint density at radius 3 is 3.18 bits per heavy atom. The molecule has 1 aliphatic rings. The molecule has 0 unspecified atom stereocenters. The zero-order chi connectivity index (χ0) is 8.27. The van der Waals surface area contributed by atoms with Gasteiger partial charge in [-0.25, -0.2) is 15.6 Å². The molecule has 0 aromatic rings. The molecule has 0 amide bonds. The Kier molecular flexibility index (Phi) is 2.27. The van der Waals surface area contributed by atoms with E-state index < -0.39 is 6.04 Å². The smallest absolute Gasteiger partial charge is 0.330 e. The second kappa shape index (κ2) is 3.20. The number of carbonyl (C=O) groups is 1. The Labute approximate surface area is 63.8 Å². The van der Waals surface area contributed by atoms with E-state index in [2.05, 4.69) is 20.5 Å². The van der Waals surface area contributed by atoms with Crippen LogP contribution >= 0.6 is 0 Å². The highest BCUT2D eigenvalue weighted by Crippen LogP contribution is 1.95. The summed E-state index contributed by atoms with van der Waals surface area (Å²) in [7, 11) is 1.33. The molecule has 6 heteroatoms. The van der Waals surface area contributed by atoms with Crippen molar-refractivity contribution >= 4 is 11.9 Å². The number of aliphatic imine (C=N–C) groups is 1. The van der Waals surface area contributed by atoms with Crippen LogP contribution in [0.2, 0.25) is 0 Å². The van der Waals surface area contributed by atoms with Crippen LogP contribution in [0.1, 0.15) is 0 Å². The van der Waals surface area contributed by atoms with Gasteiger partial charge in [-0.1, -0.05) is 0 Å². The van der Waals surface area contributed by atoms with E-state index >= 15 is 0 Å². The second-order valence-electron chi connectivity index (χ2n) is 2.05. The largest absolute Gasteiger partial charge is 0.467 e. The fourth-order valence-electron chi connectivity index (χ4n) is 0.802. The molecule has 1 heterocycles. The molecule has 0 aliphatic carbocycles. The highest BCUT2D eigenvalue weighted by atomic mass is 16.5. The predicted octanol–water partition coefficient (Wildman–Crippen LogP) is -2.05. The molecule has 11 heavy (non-hydrogen) atoms. The topological polar surface area (TPSA) is 88.7 Å². The van der Waals surface area contributed by atoms with Crippen LogP contribution in [0.15, 0.2) is 4.99 Å². The van der Waals surface area contributed by atoms with Crippen LogP contribution in [0, 0.1) is 0 Å². The molecule has 1 rings (SSSR count). The minimum absolute atomic E-state index is 0.334. The molecule has 1 aliphatic heterocycles. The van der Waals surface area contributed by atoms with Gasteiger partial charge >= 0.3 is 5.97 Å². The number of nitrogens with one attached hydrogen (secondary N) is 2. The first-order valence-corrected chi connectivity index (χ1v) is 3.13. The van der Waals surface area contributed by atoms with Crippen molar-refractivity contribution in [2.24, 2.45) is 10.8 Å². The van der Waals surface area contributed by atoms with Crippen LogP contribution in [-0.2, 0) is 9.53 Å². The van der Waals surface area contributed by atoms with Crippen molar-refractivity contribution in [1.82, 2.24) is 10.7 Å². The van der Waals surface area contributed by atoms with E-state index in [1.807, 2.05) is 0 Å². The van der Waals surface area contributed by atoms with E-state index in [0.29, 0.717) is 12.5 Å². The van der Waals surface area contributed by atoms with Crippen LogP contribution in [-0.4, -0.2) is 31.6 Å². The number of carbonyl (C=O) groups excluding carboxylic acids is 1. The van der Waals surface area contributed by atoms with Crippen molar-refractivity contribution in [2.75, 3.05) is 13.7 Å². The summed E-state index contributed by atoms with van der Waals surface area (Å²) in [5.74, 6) is 5.12. The highest BCUT2D eigenvalue weighted by molar-refractivity contribution is 5.89. The Morgan fingerprint density at radius 1 is 2.00 bits per heavy atom. The van der Waals surface area contributed by atoms with Gasteiger partial charge in [0.25, 0.3) is 0 Å². The molecule has 0 fully saturated rings. The van der Waals surface area contributed by atoms with Crippen molar-refractivity contribution in [3.8, 4) is 0 Å². The summed E-state index contributed by atoms with van der Waals surface area (Å²) < 4.78 is 4.48. The molecule has 0 spiro atoms. The monoisotopic (exact) mass is 158 g/mol. The summed E-state index contributed by atoms with van der Waals surface area (Å²) in [5.41, 5.74) is 2.30. The molecule has 0 aromatic heterocycles. The first kappa shape index (κ1) is 7.80. The Hall–Kier alpha value is -1.30. The molecule has 4 N–H and O–H groups in total. The first-order chi connectivity index (χ1) is 5.27. The zero-order valence-corrected chi connectivity index (χ0v) is 6.13. The van der Waals surface area contributed by atoms with Crippen LogP contribution in [0.3, 0.4) is 0 Å². The summed E-state index contributed by atoms with van der Waals surface area (Å²) in [5, 5.41) is 2.73. The summed E-state index contributed by atoms with van der Waals surface area (Å²) in [6.45, 7) is 0.367. The maximum Gasteiger partial charge on any atom is 0.330 e. The summed E-state index contributed by atoms with van der Waals surface area (Å²) in [6.07, 6.45) is 0. The summed E-state index contributed by atoms with van der Waals surface area (Å²) >= 11 is 0. The number of hydrogen-bond acceptors (Lipinski definition) is 6. The summed E-state index contributed by atoms with van der Waals surface area (Å²) in [4.78, 5) is 14.7. The third-order valence-corrected chi connectivity index (χ3v) is 1.37. The fraction of sp³-hybridized carbons (Fsp3) is 0.600. The number of ether oxygens (including phenoxy) is 1. The Bertz CT molecular complexity index is 191. The zero-order valence-electron chi connectivity index (χ0n) is 6.13. The number of nitrogens with zero attached hydrogens (tertiary/aromatic N) is 1. The maximum atomic E-state index is 10.8. The van der Waals surface area contributed by atoms with Crippen molar-refractivity contribution in [1.29, 1.82) is 0 Å². The maximum absolute atomic E-state index is 10.8. The minimum Gasteiger partial charge on any atom is -0.467 e. The fourth-order valence-corrected chi connectivity index (χ4v) is 0.802. The number of rotatable bonds is 1. The minimum atomic E-state index is -0.397. The lowest BCUT2D eigenvalue weighted by Crippen LogP contribution is -2.45. The van der Waals surface area contributed by atoms with Gasteiger partial charge in [-0.15, -0.1) is 0 Å². The van der Waals surface area contributed by atoms with Crippen molar-refractivity contribution in [3.05, 3.63) is 0 Å². The molecule has 1 atom stereocenters. The van der Waals surface area contributed by atoms with Crippen molar-refractivity contribution in [2.45, 2.75) is 6.04 Å². The number of hydrogen-bond donors (Lipinski definition) is 3. The lowest BCUT2D eigenvalue weighted by molar-refractivity contribution is -0.142. The number of nitrogens with two attached hydrogens (primary N) is 1. The third kappa shape index (κ3) is 1.58. The SMILES string of the molecule is COC(=O)[C@H]1CN=C(NN)N1. The number of guanidine groups is 1. The molecular weight excluding hydrogens is 148 g/mol. The number of hydrazine groups is 1. The molecule has 62 valence electrons. The standard InChI is InChI=1S/C5H10N4O2/c1-11-4(10)3-2-7-5(8-3)9-6/h3H,2,6H2,1H3,(H2,7,8,9)/t3-/m1/s1. The summed E-state index contributed by atoms with van der Waals surface area (Å²) in [6, 6.07) is -0.397. The van der Waals surface area contributed by atoms with Crippen LogP contribution in [0.4, 0.5) is 0 Å². The highest BCUT2D eigenvalue weighted by Gasteiger charge is 2.24. The van der Waals surface area contributed by atoms with Gasteiger partial charge in [-0.05, 0) is 0 Å². The van der Waals surface area contributed by atoms with Crippen LogP contribution < -0.4 is 16.6 Å². The quantitative estimate of drug-likeness (QED) is 0.232. The second-order valence-corrected chi connectivity index (χ2v) is 2.05. The molecule has 0 saturated heterocycles. The van der Waals surface area contributed by atoms with Gasteiger partial charge in [-0.3, -0.25) is 5.43 Å². The lowest BCUT2D eigenvalue weighted by Gasteiger charge is -2.07. The van der Waals surface area contributed by atoms with E-state index in [-0.39, 0.29) is 5.97 Å². The number of methoxy groups -OCH3 is 1. The van der Waals surface area contributed by atoms with Gasteiger partial charge in [0, 0.05) is 0 Å². The lowest BCUT2D eigenvalue weighted by atomic mass is 10.3. The Morgan fingerprint density at radius 2 is 2.73 bits per heavy atom. The normalized spacial score (nSPS) is 22.0. The van der Waals surface area contributed by atoms with Gasteiger partial charge in [0.1, 0.15) is 6.04 Å². The van der Waals surface area contributed by atoms with Gasteiger partial charge in [0.05, 0.1) is 13.7 Å². The molecule has 0 radical (unpaired) electrons. The average Bonchev–Trinajstić information content (AvgIpc) is 2.50. The van der Waals surface area contributed by atoms with Crippen LogP contribution in [0.5, 0.6) is 0 Å². The van der Waals surface area contributed by atoms with E-state index in [0.717, 1.165) is 0 Å². The molecular formula is C5H10N4O2. The third-order valence-electron chi connectivity index (χ3n) is 1.37. The van der Waals surface area contributed by atoms with E-state index in [1.54, 1.807) is 0 Å². The molecule has 6 nitrogen and oxygen atoms in total. The van der Waals surface area contributed by atoms with E-state index in [4.69, 9.17) is 5.84 Å². The molecule has 0 aromatic carbocycles. The van der Waals surface area contributed by atoms with Crippen molar-refractivity contribution < 1.29 is 9.53 Å². The Balaban J connectivity index is 2.41. The predicted molar refractivity (Wildman–Crippen MR) is 38.6 cm³/mol. The van der Waals surface area contributed by atoms with Gasteiger partial charge in [0.2, 0.25) is 5.96 Å². The molecule has 0 saturated carbocycles. The van der Waals surface area contributed by atoms with Gasteiger partial charge in [-0.2, -0.15) is 0 Å². The average molecular weight is 158 g/mol. The number of esters is 1.